The van der Waals surface area contributed by atoms with Crippen LogP contribution in [0.1, 0.15) is 21.5 Å². The molecule has 0 unspecified atom stereocenters. The van der Waals surface area contributed by atoms with E-state index in [9.17, 15) is 9.18 Å². The smallest absolute Gasteiger partial charge is 0.170 e. The monoisotopic (exact) mass is 368 g/mol. The summed E-state index contributed by atoms with van der Waals surface area (Å²) in [5, 5.41) is 0.568. The molecular formula is C16H11BrClFO2. The van der Waals surface area contributed by atoms with Gasteiger partial charge < -0.3 is 4.74 Å². The highest BCUT2D eigenvalue weighted by molar-refractivity contribution is 9.10. The summed E-state index contributed by atoms with van der Waals surface area (Å²) in [6, 6.07) is 7.97. The summed E-state index contributed by atoms with van der Waals surface area (Å²) in [4.78, 5) is 12.3. The van der Waals surface area contributed by atoms with Crippen LogP contribution in [0.25, 0.3) is 0 Å². The minimum Gasteiger partial charge on any atom is -0.493 e. The van der Waals surface area contributed by atoms with Crippen LogP contribution in [0.2, 0.25) is 5.02 Å². The molecule has 0 spiro atoms. The molecule has 0 atom stereocenters. The Bertz CT molecular complexity index is 730. The maximum absolute atomic E-state index is 13.8. The second-order valence-corrected chi connectivity index (χ2v) is 6.23. The van der Waals surface area contributed by atoms with E-state index in [2.05, 4.69) is 15.9 Å². The number of carbonyl (C=O) groups excluding carboxylic acids is 1. The first-order chi connectivity index (χ1) is 10.0. The van der Waals surface area contributed by atoms with Gasteiger partial charge >= 0.3 is 0 Å². The summed E-state index contributed by atoms with van der Waals surface area (Å²) in [7, 11) is 0. The lowest BCUT2D eigenvalue weighted by molar-refractivity contribution is 0.0988. The molecule has 0 radical (unpaired) electrons. The van der Waals surface area contributed by atoms with Crippen molar-refractivity contribution in [2.24, 2.45) is 0 Å². The normalized spacial score (nSPS) is 12.9. The Morgan fingerprint density at radius 1 is 1.33 bits per heavy atom. The largest absolute Gasteiger partial charge is 0.493 e. The van der Waals surface area contributed by atoms with Gasteiger partial charge in [0.25, 0.3) is 0 Å². The first-order valence-electron chi connectivity index (χ1n) is 6.47. The summed E-state index contributed by atoms with van der Waals surface area (Å²) in [6.07, 6.45) is 0.852. The second kappa shape index (κ2) is 5.78. The summed E-state index contributed by atoms with van der Waals surface area (Å²) in [5.41, 5.74) is 1.79. The molecule has 0 N–H and O–H groups in total. The van der Waals surface area contributed by atoms with Gasteiger partial charge in [0.05, 0.1) is 12.2 Å². The van der Waals surface area contributed by atoms with Crippen molar-refractivity contribution in [1.82, 2.24) is 0 Å². The van der Waals surface area contributed by atoms with Crippen LogP contribution >= 0.6 is 27.5 Å². The van der Waals surface area contributed by atoms with E-state index in [0.717, 1.165) is 12.0 Å². The minimum absolute atomic E-state index is 0.0709. The van der Waals surface area contributed by atoms with Gasteiger partial charge in [0.15, 0.2) is 5.78 Å². The Labute approximate surface area is 135 Å². The molecule has 1 heterocycles. The molecule has 21 heavy (non-hydrogen) atoms. The number of hydrogen-bond acceptors (Lipinski definition) is 2. The van der Waals surface area contributed by atoms with Crippen molar-refractivity contribution in [2.75, 3.05) is 6.61 Å². The number of ether oxygens (including phenoxy) is 1. The predicted octanol–water partition coefficient (Wildman–Crippen LogP) is 4.60. The fourth-order valence-electron chi connectivity index (χ4n) is 2.46. The lowest BCUT2D eigenvalue weighted by atomic mass is 9.99. The molecule has 1 aliphatic heterocycles. The Kier molecular flexibility index (Phi) is 4.00. The van der Waals surface area contributed by atoms with Crippen LogP contribution in [0.5, 0.6) is 5.75 Å². The minimum atomic E-state index is -0.533. The molecule has 3 rings (SSSR count). The Morgan fingerprint density at radius 3 is 2.90 bits per heavy atom. The van der Waals surface area contributed by atoms with Crippen molar-refractivity contribution in [3.63, 3.8) is 0 Å². The summed E-state index contributed by atoms with van der Waals surface area (Å²) >= 11 is 9.24. The molecule has 108 valence electrons. The molecule has 0 aromatic heterocycles. The van der Waals surface area contributed by atoms with Gasteiger partial charge in [-0.15, -0.1) is 0 Å². The van der Waals surface area contributed by atoms with Gasteiger partial charge in [0.2, 0.25) is 0 Å². The average molecular weight is 370 g/mol. The molecule has 2 nitrogen and oxygen atoms in total. The number of Topliss-reactive ketones (excluding diaryl/α,β-unsaturated/α-hetero) is 1. The van der Waals surface area contributed by atoms with Crippen molar-refractivity contribution in [1.29, 1.82) is 0 Å². The van der Waals surface area contributed by atoms with Crippen LogP contribution in [0.4, 0.5) is 4.39 Å². The maximum atomic E-state index is 13.8. The quantitative estimate of drug-likeness (QED) is 0.739. The van der Waals surface area contributed by atoms with Gasteiger partial charge in [0.1, 0.15) is 11.6 Å². The van der Waals surface area contributed by atoms with Gasteiger partial charge in [-0.2, -0.15) is 0 Å². The van der Waals surface area contributed by atoms with Crippen LogP contribution in [0.3, 0.4) is 0 Å². The standard InChI is InChI=1S/C16H11BrClFO2/c17-11-1-2-13(14(19)8-11)15(20)7-10-6-12(18)5-9-3-4-21-16(9)10/h1-2,5-6,8H,3-4,7H2. The fourth-order valence-corrected chi connectivity index (χ4v) is 3.06. The molecule has 2 aromatic carbocycles. The fraction of sp³-hybridized carbons (Fsp3) is 0.188. The molecular weight excluding hydrogens is 359 g/mol. The van der Waals surface area contributed by atoms with E-state index >= 15 is 0 Å². The molecule has 0 amide bonds. The van der Waals surface area contributed by atoms with Crippen LogP contribution < -0.4 is 4.74 Å². The van der Waals surface area contributed by atoms with Gasteiger partial charge in [-0.1, -0.05) is 27.5 Å². The van der Waals surface area contributed by atoms with Crippen LogP contribution in [0.15, 0.2) is 34.8 Å². The molecule has 1 aliphatic rings. The number of rotatable bonds is 3. The van der Waals surface area contributed by atoms with E-state index in [1.165, 1.54) is 12.1 Å². The molecule has 0 fully saturated rings. The summed E-state index contributed by atoms with van der Waals surface area (Å²) in [6.45, 7) is 0.587. The first kappa shape index (κ1) is 14.5. The Hall–Kier alpha value is -1.39. The van der Waals surface area contributed by atoms with Gasteiger partial charge in [0, 0.05) is 27.9 Å². The SMILES string of the molecule is O=C(Cc1cc(Cl)cc2c1OCC2)c1ccc(Br)cc1F. The summed E-state index contributed by atoms with van der Waals surface area (Å²) in [5.74, 6) is -0.112. The number of fused-ring (bicyclic) bond motifs is 1. The van der Waals surface area contributed by atoms with Crippen LogP contribution in [0, 0.1) is 5.82 Å². The zero-order chi connectivity index (χ0) is 15.0. The van der Waals surface area contributed by atoms with Crippen molar-refractivity contribution in [3.8, 4) is 5.75 Å². The predicted molar refractivity (Wildman–Crippen MR) is 82.8 cm³/mol. The van der Waals surface area contributed by atoms with Crippen molar-refractivity contribution < 1.29 is 13.9 Å². The van der Waals surface area contributed by atoms with E-state index < -0.39 is 5.82 Å². The molecule has 0 saturated heterocycles. The van der Waals surface area contributed by atoms with Gasteiger partial charge in [-0.3, -0.25) is 4.79 Å². The van der Waals surface area contributed by atoms with E-state index in [0.29, 0.717) is 27.4 Å². The highest BCUT2D eigenvalue weighted by Crippen LogP contribution is 2.33. The van der Waals surface area contributed by atoms with E-state index in [1.807, 2.05) is 6.07 Å². The lowest BCUT2D eigenvalue weighted by Crippen LogP contribution is -2.07. The number of benzene rings is 2. The maximum Gasteiger partial charge on any atom is 0.170 e. The topological polar surface area (TPSA) is 26.3 Å². The van der Waals surface area contributed by atoms with E-state index in [4.69, 9.17) is 16.3 Å². The van der Waals surface area contributed by atoms with E-state index in [-0.39, 0.29) is 17.8 Å². The highest BCUT2D eigenvalue weighted by Gasteiger charge is 2.21. The van der Waals surface area contributed by atoms with E-state index in [1.54, 1.807) is 12.1 Å². The first-order valence-corrected chi connectivity index (χ1v) is 7.64. The molecule has 0 aliphatic carbocycles. The van der Waals surface area contributed by atoms with Crippen LogP contribution in [-0.4, -0.2) is 12.4 Å². The number of hydrogen-bond donors (Lipinski definition) is 0. The van der Waals surface area contributed by atoms with Crippen molar-refractivity contribution in [2.45, 2.75) is 12.8 Å². The third-order valence-electron chi connectivity index (χ3n) is 3.41. The van der Waals surface area contributed by atoms with Crippen molar-refractivity contribution >= 4 is 33.3 Å². The summed E-state index contributed by atoms with van der Waals surface area (Å²) < 4.78 is 20.0. The number of carbonyl (C=O) groups is 1. The zero-order valence-electron chi connectivity index (χ0n) is 11.0. The zero-order valence-corrected chi connectivity index (χ0v) is 13.3. The number of ketones is 1. The molecule has 5 heteroatoms. The Morgan fingerprint density at radius 2 is 2.14 bits per heavy atom. The number of halogens is 3. The lowest BCUT2D eigenvalue weighted by Gasteiger charge is -2.09. The van der Waals surface area contributed by atoms with Gasteiger partial charge in [-0.25, -0.2) is 4.39 Å². The Balaban J connectivity index is 1.92. The molecule has 2 aromatic rings. The second-order valence-electron chi connectivity index (χ2n) is 4.88. The highest BCUT2D eigenvalue weighted by atomic mass is 79.9. The van der Waals surface area contributed by atoms with Crippen LogP contribution in [-0.2, 0) is 12.8 Å². The molecule has 0 bridgehead atoms. The van der Waals surface area contributed by atoms with Gasteiger partial charge in [-0.05, 0) is 35.9 Å². The molecule has 0 saturated carbocycles. The van der Waals surface area contributed by atoms with Crippen molar-refractivity contribution in [3.05, 3.63) is 62.3 Å². The third kappa shape index (κ3) is 2.97. The third-order valence-corrected chi connectivity index (χ3v) is 4.12. The average Bonchev–Trinajstić information content (AvgIpc) is 2.86.